The first-order chi connectivity index (χ1) is 4.79. The summed E-state index contributed by atoms with van der Waals surface area (Å²) in [5.74, 6) is 0.989. The zero-order valence-corrected chi connectivity index (χ0v) is 7.01. The molecule has 0 bridgehead atoms. The molecule has 0 aromatic rings. The Kier molecular flexibility index (Phi) is 1.48. The predicted molar refractivity (Wildman–Crippen MR) is 43.0 cm³/mol. The van der Waals surface area contributed by atoms with Crippen LogP contribution >= 0.6 is 0 Å². The van der Waals surface area contributed by atoms with Gasteiger partial charge >= 0.3 is 0 Å². The molecule has 1 heterocycles. The Morgan fingerprint density at radius 1 is 1.10 bits per heavy atom. The molecule has 2 rings (SSSR count). The normalized spacial score (nSPS) is 48.0. The highest BCUT2D eigenvalue weighted by Crippen LogP contribution is 2.36. The lowest BCUT2D eigenvalue weighted by molar-refractivity contribution is -0.0182. The first kappa shape index (κ1) is 6.66. The molecule has 1 nitrogen and oxygen atoms in total. The maximum Gasteiger partial charge on any atom is 0.0124 e. The van der Waals surface area contributed by atoms with Crippen molar-refractivity contribution in [2.24, 2.45) is 5.92 Å². The van der Waals surface area contributed by atoms with Crippen LogP contribution in [0.25, 0.3) is 0 Å². The molecular formula is C9H17N. The van der Waals surface area contributed by atoms with Crippen LogP contribution in [0.4, 0.5) is 0 Å². The van der Waals surface area contributed by atoms with Gasteiger partial charge in [-0.1, -0.05) is 6.92 Å². The predicted octanol–water partition coefficient (Wildman–Crippen LogP) is 1.88. The van der Waals surface area contributed by atoms with Gasteiger partial charge in [0.2, 0.25) is 0 Å². The molecule has 1 heteroatoms. The number of hydrogen-bond acceptors (Lipinski definition) is 1. The zero-order chi connectivity index (χ0) is 7.14. The van der Waals surface area contributed by atoms with Gasteiger partial charge in [0.05, 0.1) is 0 Å². The maximum absolute atomic E-state index is 2.67. The average Bonchev–Trinajstić information content (AvgIpc) is 1.93. The van der Waals surface area contributed by atoms with Crippen molar-refractivity contribution in [3.05, 3.63) is 0 Å². The van der Waals surface area contributed by atoms with Gasteiger partial charge in [0, 0.05) is 18.6 Å². The lowest BCUT2D eigenvalue weighted by Crippen LogP contribution is -2.57. The van der Waals surface area contributed by atoms with Gasteiger partial charge in [-0.2, -0.15) is 0 Å². The molecule has 0 spiro atoms. The zero-order valence-electron chi connectivity index (χ0n) is 7.01. The Bertz CT molecular complexity index is 117. The lowest BCUT2D eigenvalue weighted by atomic mass is 9.77. The largest absolute Gasteiger partial charge is 0.297 e. The van der Waals surface area contributed by atoms with Gasteiger partial charge in [0.25, 0.3) is 0 Å². The van der Waals surface area contributed by atoms with Crippen LogP contribution in [0.2, 0.25) is 0 Å². The highest BCUT2D eigenvalue weighted by molar-refractivity contribution is 4.93. The number of nitrogens with zero attached hydrogens (tertiary/aromatic N) is 1. The molecule has 58 valence electrons. The van der Waals surface area contributed by atoms with E-state index in [9.17, 15) is 0 Å². The quantitative estimate of drug-likeness (QED) is 0.536. The molecule has 3 unspecified atom stereocenters. The van der Waals surface area contributed by atoms with Crippen LogP contribution in [-0.4, -0.2) is 23.5 Å². The van der Waals surface area contributed by atoms with Crippen molar-refractivity contribution in [1.29, 1.82) is 0 Å². The van der Waals surface area contributed by atoms with Gasteiger partial charge < -0.3 is 0 Å². The minimum absolute atomic E-state index is 0.896. The van der Waals surface area contributed by atoms with E-state index in [1.807, 2.05) is 0 Å². The summed E-state index contributed by atoms with van der Waals surface area (Å²) in [5.41, 5.74) is 0. The standard InChI is InChI=1S/C9H17N/c1-7-3-4-9(7)10-6-5-8(10)2/h7-9H,3-6H2,1-2H3. The molecule has 10 heavy (non-hydrogen) atoms. The summed E-state index contributed by atoms with van der Waals surface area (Å²) in [4.78, 5) is 2.67. The Balaban J connectivity index is 1.87. The van der Waals surface area contributed by atoms with Crippen LogP contribution < -0.4 is 0 Å². The molecule has 2 fully saturated rings. The second-order valence-corrected chi connectivity index (χ2v) is 4.00. The molecule has 0 N–H and O–H groups in total. The van der Waals surface area contributed by atoms with E-state index >= 15 is 0 Å². The summed E-state index contributed by atoms with van der Waals surface area (Å²) < 4.78 is 0. The SMILES string of the molecule is CC1CCC1N1CCC1C. The lowest BCUT2D eigenvalue weighted by Gasteiger charge is -2.51. The van der Waals surface area contributed by atoms with Crippen LogP contribution in [0.5, 0.6) is 0 Å². The van der Waals surface area contributed by atoms with Crippen molar-refractivity contribution in [2.75, 3.05) is 6.54 Å². The summed E-state index contributed by atoms with van der Waals surface area (Å²) in [5, 5.41) is 0. The van der Waals surface area contributed by atoms with Crippen molar-refractivity contribution in [2.45, 2.75) is 45.2 Å². The molecule has 1 aliphatic carbocycles. The van der Waals surface area contributed by atoms with Gasteiger partial charge in [-0.15, -0.1) is 0 Å². The van der Waals surface area contributed by atoms with Crippen LogP contribution in [0.1, 0.15) is 33.1 Å². The van der Waals surface area contributed by atoms with E-state index in [2.05, 4.69) is 18.7 Å². The fourth-order valence-electron chi connectivity index (χ4n) is 2.17. The maximum atomic E-state index is 2.67. The third-order valence-electron chi connectivity index (χ3n) is 3.37. The molecule has 1 saturated heterocycles. The van der Waals surface area contributed by atoms with Gasteiger partial charge in [-0.3, -0.25) is 4.90 Å². The van der Waals surface area contributed by atoms with Gasteiger partial charge in [-0.05, 0) is 32.1 Å². The van der Waals surface area contributed by atoms with Gasteiger partial charge in [0.1, 0.15) is 0 Å². The van der Waals surface area contributed by atoms with Crippen molar-refractivity contribution in [1.82, 2.24) is 4.90 Å². The Hall–Kier alpha value is -0.0400. The van der Waals surface area contributed by atoms with E-state index in [0.29, 0.717) is 0 Å². The Morgan fingerprint density at radius 2 is 1.90 bits per heavy atom. The minimum atomic E-state index is 0.896. The number of hydrogen-bond donors (Lipinski definition) is 0. The summed E-state index contributed by atoms with van der Waals surface area (Å²) in [6.45, 7) is 6.12. The second kappa shape index (κ2) is 2.23. The average molecular weight is 139 g/mol. The minimum Gasteiger partial charge on any atom is -0.297 e. The summed E-state index contributed by atoms with van der Waals surface area (Å²) in [7, 11) is 0. The van der Waals surface area contributed by atoms with E-state index in [-0.39, 0.29) is 0 Å². The van der Waals surface area contributed by atoms with E-state index in [4.69, 9.17) is 0 Å². The van der Waals surface area contributed by atoms with Gasteiger partial charge in [0.15, 0.2) is 0 Å². The smallest absolute Gasteiger partial charge is 0.0124 e. The van der Waals surface area contributed by atoms with Crippen molar-refractivity contribution < 1.29 is 0 Å². The second-order valence-electron chi connectivity index (χ2n) is 4.00. The molecule has 1 aliphatic heterocycles. The van der Waals surface area contributed by atoms with E-state index < -0.39 is 0 Å². The first-order valence-corrected chi connectivity index (χ1v) is 4.55. The van der Waals surface area contributed by atoms with E-state index in [1.165, 1.54) is 25.8 Å². The molecule has 2 aliphatic rings. The van der Waals surface area contributed by atoms with Crippen molar-refractivity contribution in [3.63, 3.8) is 0 Å². The molecule has 0 amide bonds. The monoisotopic (exact) mass is 139 g/mol. The van der Waals surface area contributed by atoms with Gasteiger partial charge in [-0.25, -0.2) is 0 Å². The van der Waals surface area contributed by atoms with E-state index in [1.54, 1.807) is 0 Å². The summed E-state index contributed by atoms with van der Waals surface area (Å²) >= 11 is 0. The Morgan fingerprint density at radius 3 is 2.00 bits per heavy atom. The van der Waals surface area contributed by atoms with Crippen LogP contribution in [-0.2, 0) is 0 Å². The highest BCUT2D eigenvalue weighted by Gasteiger charge is 2.38. The van der Waals surface area contributed by atoms with Crippen LogP contribution in [0.15, 0.2) is 0 Å². The topological polar surface area (TPSA) is 3.24 Å². The molecule has 3 atom stereocenters. The molecule has 1 saturated carbocycles. The van der Waals surface area contributed by atoms with Crippen molar-refractivity contribution >= 4 is 0 Å². The summed E-state index contributed by atoms with van der Waals surface area (Å²) in [6.07, 6.45) is 4.36. The van der Waals surface area contributed by atoms with Crippen LogP contribution in [0.3, 0.4) is 0 Å². The van der Waals surface area contributed by atoms with Crippen LogP contribution in [0, 0.1) is 5.92 Å². The molecule has 0 aromatic carbocycles. The number of rotatable bonds is 1. The fourth-order valence-corrected chi connectivity index (χ4v) is 2.17. The highest BCUT2D eigenvalue weighted by atomic mass is 15.2. The third kappa shape index (κ3) is 0.800. The third-order valence-corrected chi connectivity index (χ3v) is 3.37. The summed E-state index contributed by atoms with van der Waals surface area (Å²) in [6, 6.07) is 1.86. The molecule has 0 radical (unpaired) electrons. The Labute approximate surface area is 63.4 Å². The first-order valence-electron chi connectivity index (χ1n) is 4.55. The molecular weight excluding hydrogens is 122 g/mol. The van der Waals surface area contributed by atoms with Crippen molar-refractivity contribution in [3.8, 4) is 0 Å². The van der Waals surface area contributed by atoms with E-state index in [0.717, 1.165) is 18.0 Å². The number of likely N-dealkylation sites (tertiary alicyclic amines) is 1. The fraction of sp³-hybridized carbons (Fsp3) is 1.00. The molecule has 0 aromatic heterocycles.